The number of aliphatic hydroxyl groups is 1. The number of aryl methyl sites for hydroxylation is 2. The minimum atomic E-state index is -3.65. The molecule has 2 aromatic heterocycles. The van der Waals surface area contributed by atoms with Gasteiger partial charge in [-0.2, -0.15) is 5.10 Å². The van der Waals surface area contributed by atoms with E-state index in [-0.39, 0.29) is 34.9 Å². The highest BCUT2D eigenvalue weighted by atomic mass is 19.3. The van der Waals surface area contributed by atoms with E-state index in [1.54, 1.807) is 30.2 Å². The monoisotopic (exact) mass is 1180 g/mol. The van der Waals surface area contributed by atoms with Crippen LogP contribution in [0.15, 0.2) is 120 Å². The van der Waals surface area contributed by atoms with E-state index in [0.717, 1.165) is 84.1 Å². The average molecular weight is 1180 g/mol. The number of rotatable bonds is 28. The Kier molecular flexibility index (Phi) is 22.0. The minimum Gasteiger partial charge on any atom is -0.395 e. The summed E-state index contributed by atoms with van der Waals surface area (Å²) in [6.07, 6.45) is 17.1. The molecule has 9 rings (SSSR count). The van der Waals surface area contributed by atoms with Gasteiger partial charge in [0, 0.05) is 81.0 Å². The molecule has 1 saturated carbocycles. The van der Waals surface area contributed by atoms with Crippen molar-refractivity contribution in [3.05, 3.63) is 143 Å². The van der Waals surface area contributed by atoms with E-state index in [0.29, 0.717) is 93.5 Å². The first kappa shape index (κ1) is 64.1. The number of nitrogens with one attached hydrogen (secondary N) is 4. The van der Waals surface area contributed by atoms with Gasteiger partial charge < -0.3 is 50.4 Å². The highest BCUT2D eigenvalue weighted by Crippen LogP contribution is 2.55. The molecule has 2 unspecified atom stereocenters. The number of aliphatic imine (C=N–C) groups is 1. The number of anilines is 1. The standard InChI is InChI=1S/C34H40F2N4O3.C33H44N6O4/c1-23-13-16-30(39-24(2)33(17-18-33)27-14-15-28-29(22-27)43-34(35,36)42-28)40-31(23)25-11-10-12-26(21-25)32(41)38-20-9-7-5-4-6-8-19-37-3;1-24-5-9-27(10-6-24)25(2)19-30(42)39-16-13-33(43,14-17-39)22-37(3)23-35-31-29(21-41)36-38(4)32(31)28-11-7-26(8-12-28)20-34-15-18-40/h10-16,21-22,37H,2,4-9,17-20H2,1,3H3,(H,38,41)(H,39,40);5,7-12,18,21,23-25,34,43H,6,13-17,19-20,22H2,1-4H3. The Morgan fingerprint density at radius 3 is 2.34 bits per heavy atom. The van der Waals surface area contributed by atoms with E-state index >= 15 is 0 Å². The van der Waals surface area contributed by atoms with Crippen molar-refractivity contribution in [2.45, 2.75) is 122 Å². The van der Waals surface area contributed by atoms with Crippen molar-refractivity contribution in [1.82, 2.24) is 40.5 Å². The van der Waals surface area contributed by atoms with E-state index in [4.69, 9.17) is 4.98 Å². The molecule has 2 amide bonds. The van der Waals surface area contributed by atoms with Crippen LogP contribution in [0.3, 0.4) is 0 Å². The third kappa shape index (κ3) is 17.0. The lowest BCUT2D eigenvalue weighted by Crippen LogP contribution is -2.51. The quantitative estimate of drug-likeness (QED) is 0.0137. The highest BCUT2D eigenvalue weighted by molar-refractivity contribution is 5.95. The van der Waals surface area contributed by atoms with Crippen molar-refractivity contribution < 1.29 is 42.5 Å². The molecule has 86 heavy (non-hydrogen) atoms. The zero-order valence-electron chi connectivity index (χ0n) is 50.6. The first-order valence-corrected chi connectivity index (χ1v) is 30.1. The smallest absolute Gasteiger partial charge is 0.395 e. The van der Waals surface area contributed by atoms with Gasteiger partial charge >= 0.3 is 6.29 Å². The largest absolute Gasteiger partial charge is 0.586 e. The van der Waals surface area contributed by atoms with Crippen molar-refractivity contribution in [3.63, 3.8) is 0 Å². The summed E-state index contributed by atoms with van der Waals surface area (Å²) in [7, 11) is 5.59. The molecular weight excluding hydrogens is 1090 g/mol. The SMILES string of the molecule is C=C(Nc1ccc(C)c(-c2cccc(C(=O)NCCCCCCCCNC)c2)n1)C1(c2ccc3c(c2)OC(F)(F)O3)CC1.CC1C=CC(C(C)CC(=O)N2CCC(O)(CN(C)C=Nc3c(C=O)nn(C)c3-c3ccc(CNCC=O)cc3)CC2)=CC1. The second-order valence-electron chi connectivity index (χ2n) is 23.4. The number of aldehydes is 2. The summed E-state index contributed by atoms with van der Waals surface area (Å²) in [5.41, 5.74) is 7.88. The number of pyridine rings is 1. The Balaban J connectivity index is 0.000000223. The number of ether oxygens (including phenoxy) is 2. The van der Waals surface area contributed by atoms with Gasteiger partial charge in [0.05, 0.1) is 29.9 Å². The van der Waals surface area contributed by atoms with E-state index in [2.05, 4.69) is 79.5 Å². The summed E-state index contributed by atoms with van der Waals surface area (Å²) in [6, 6.07) is 24.1. The molecule has 2 aliphatic heterocycles. The van der Waals surface area contributed by atoms with Crippen molar-refractivity contribution in [2.24, 2.45) is 23.9 Å². The third-order valence-corrected chi connectivity index (χ3v) is 16.5. The number of hydrogen-bond donors (Lipinski definition) is 5. The fraction of sp³-hybridized carbons (Fsp3) is 0.448. The number of carbonyl (C=O) groups is 4. The number of likely N-dealkylation sites (tertiary alicyclic amines) is 1. The molecule has 2 fully saturated rings. The minimum absolute atomic E-state index is 0.0233. The lowest BCUT2D eigenvalue weighted by molar-refractivity contribution is -0.286. The number of carbonyl (C=O) groups excluding carboxylic acids is 4. The molecule has 2 aliphatic carbocycles. The molecule has 0 radical (unpaired) electrons. The van der Waals surface area contributed by atoms with E-state index in [9.17, 15) is 33.1 Å². The number of amides is 2. The van der Waals surface area contributed by atoms with Crippen LogP contribution in [0.25, 0.3) is 22.5 Å². The van der Waals surface area contributed by atoms with Crippen LogP contribution in [0, 0.1) is 18.8 Å². The maximum absolute atomic E-state index is 13.5. The highest BCUT2D eigenvalue weighted by Gasteiger charge is 2.50. The molecule has 2 atom stereocenters. The first-order chi connectivity index (χ1) is 41.3. The normalized spacial score (nSPS) is 17.2. The number of allylic oxidation sites excluding steroid dienone is 5. The molecule has 0 spiro atoms. The van der Waals surface area contributed by atoms with Crippen molar-refractivity contribution in [2.75, 3.05) is 58.7 Å². The van der Waals surface area contributed by atoms with Gasteiger partial charge in [-0.1, -0.05) is 113 Å². The molecule has 3 aromatic carbocycles. The van der Waals surface area contributed by atoms with E-state index in [1.807, 2.05) is 91.5 Å². The predicted octanol–water partition coefficient (Wildman–Crippen LogP) is 11.0. The topological polar surface area (TPSA) is 205 Å². The van der Waals surface area contributed by atoms with Gasteiger partial charge in [0.2, 0.25) is 5.91 Å². The van der Waals surface area contributed by atoms with Crippen LogP contribution < -0.4 is 30.7 Å². The van der Waals surface area contributed by atoms with Crippen LogP contribution in [0.4, 0.5) is 20.3 Å². The second-order valence-corrected chi connectivity index (χ2v) is 23.4. The maximum atomic E-state index is 13.5. The molecule has 17 nitrogen and oxygen atoms in total. The fourth-order valence-corrected chi connectivity index (χ4v) is 11.3. The fourth-order valence-electron chi connectivity index (χ4n) is 11.3. The number of likely N-dealkylation sites (N-methyl/N-ethyl adjacent to an activating group) is 1. The van der Waals surface area contributed by atoms with Gasteiger partial charge in [0.1, 0.15) is 17.8 Å². The predicted molar refractivity (Wildman–Crippen MR) is 333 cm³/mol. The Morgan fingerprint density at radius 2 is 1.65 bits per heavy atom. The van der Waals surface area contributed by atoms with Gasteiger partial charge in [0.25, 0.3) is 5.91 Å². The lowest BCUT2D eigenvalue weighted by Gasteiger charge is -2.40. The average Bonchev–Trinajstić information content (AvgIpc) is 1.69. The van der Waals surface area contributed by atoms with Gasteiger partial charge in [-0.25, -0.2) is 9.98 Å². The van der Waals surface area contributed by atoms with Crippen LogP contribution in [0.2, 0.25) is 0 Å². The second kappa shape index (κ2) is 29.5. The third-order valence-electron chi connectivity index (χ3n) is 16.5. The number of hydrogen-bond acceptors (Lipinski definition) is 13. The number of alkyl halides is 2. The van der Waals surface area contributed by atoms with E-state index in [1.165, 1.54) is 37.3 Å². The summed E-state index contributed by atoms with van der Waals surface area (Å²) in [5.74, 6) is 1.43. The lowest BCUT2D eigenvalue weighted by atomic mass is 9.88. The number of fused-ring (bicyclic) bond motifs is 1. The van der Waals surface area contributed by atoms with Crippen LogP contribution in [0.5, 0.6) is 11.5 Å². The van der Waals surface area contributed by atoms with Crippen molar-refractivity contribution >= 4 is 42.2 Å². The summed E-state index contributed by atoms with van der Waals surface area (Å²) in [4.78, 5) is 61.4. The summed E-state index contributed by atoms with van der Waals surface area (Å²) >= 11 is 0. The number of piperidine rings is 1. The first-order valence-electron chi connectivity index (χ1n) is 30.1. The number of unbranched alkanes of at least 4 members (excludes halogenated alkanes) is 5. The van der Waals surface area contributed by atoms with Crippen molar-refractivity contribution in [1.29, 1.82) is 0 Å². The molecule has 4 aliphatic rings. The Labute approximate surface area is 504 Å². The molecule has 1 saturated heterocycles. The van der Waals surface area contributed by atoms with Gasteiger partial charge in [0.15, 0.2) is 23.5 Å². The van der Waals surface area contributed by atoms with E-state index < -0.39 is 17.3 Å². The Hall–Kier alpha value is -7.87. The number of halogens is 2. The molecule has 19 heteroatoms. The zero-order chi connectivity index (χ0) is 61.4. The number of benzene rings is 3. The van der Waals surface area contributed by atoms with Crippen LogP contribution >= 0.6 is 0 Å². The molecule has 0 bridgehead atoms. The van der Waals surface area contributed by atoms with Gasteiger partial charge in [-0.15, -0.1) is 8.78 Å². The maximum Gasteiger partial charge on any atom is 0.586 e. The summed E-state index contributed by atoms with van der Waals surface area (Å²) in [5, 5.41) is 28.3. The van der Waals surface area contributed by atoms with Gasteiger partial charge in [-0.3, -0.25) is 19.1 Å². The van der Waals surface area contributed by atoms with Gasteiger partial charge in [-0.05, 0) is 130 Å². The number of nitrogens with zero attached hydrogens (tertiary/aromatic N) is 6. The number of aromatic nitrogens is 3. The van der Waals surface area contributed by atoms with Crippen LogP contribution in [-0.4, -0.2) is 126 Å². The zero-order valence-corrected chi connectivity index (χ0v) is 50.6. The van der Waals surface area contributed by atoms with Crippen LogP contribution in [-0.2, 0) is 28.6 Å². The molecule has 5 N–H and O–H groups in total. The molecule has 5 aromatic rings. The van der Waals surface area contributed by atoms with Crippen molar-refractivity contribution in [3.8, 4) is 34.0 Å². The van der Waals surface area contributed by atoms with Crippen LogP contribution in [0.1, 0.15) is 128 Å². The molecular formula is C67H84F2N10O7. The molecule has 458 valence electrons. The Morgan fingerprint density at radius 1 is 0.930 bits per heavy atom. The summed E-state index contributed by atoms with van der Waals surface area (Å²) in [6.45, 7) is 14.5. The summed E-state index contributed by atoms with van der Waals surface area (Å²) < 4.78 is 37.9. The Bertz CT molecular complexity index is 3270. The molecule has 4 heterocycles.